The SMILES string of the molecule is Cn1cc(Sc2cccc(C(=O)O)c2N)cn1. The second-order valence-electron chi connectivity index (χ2n) is 3.47. The van der Waals surface area contributed by atoms with Crippen LogP contribution in [-0.2, 0) is 7.05 Å². The summed E-state index contributed by atoms with van der Waals surface area (Å²) in [7, 11) is 1.82. The van der Waals surface area contributed by atoms with Crippen LogP contribution in [0, 0.1) is 0 Å². The molecule has 6 heteroatoms. The fourth-order valence-electron chi connectivity index (χ4n) is 1.40. The highest BCUT2D eigenvalue weighted by Gasteiger charge is 2.12. The number of nitrogen functional groups attached to an aromatic ring is 1. The van der Waals surface area contributed by atoms with Gasteiger partial charge >= 0.3 is 5.97 Å². The number of hydrogen-bond donors (Lipinski definition) is 2. The van der Waals surface area contributed by atoms with E-state index >= 15 is 0 Å². The number of anilines is 1. The van der Waals surface area contributed by atoms with Crippen LogP contribution in [-0.4, -0.2) is 20.9 Å². The summed E-state index contributed by atoms with van der Waals surface area (Å²) < 4.78 is 1.68. The zero-order valence-electron chi connectivity index (χ0n) is 9.12. The lowest BCUT2D eigenvalue weighted by Gasteiger charge is -2.06. The molecule has 2 aromatic rings. The number of rotatable bonds is 3. The Labute approximate surface area is 102 Å². The largest absolute Gasteiger partial charge is 0.478 e. The molecule has 2 rings (SSSR count). The van der Waals surface area contributed by atoms with E-state index < -0.39 is 5.97 Å². The van der Waals surface area contributed by atoms with Gasteiger partial charge in [0.15, 0.2) is 0 Å². The number of carboxylic acids is 1. The number of carboxylic acid groups (broad SMARTS) is 1. The van der Waals surface area contributed by atoms with E-state index in [4.69, 9.17) is 10.8 Å². The predicted molar refractivity (Wildman–Crippen MR) is 65.1 cm³/mol. The molecule has 0 aliphatic heterocycles. The standard InChI is InChI=1S/C11H11N3O2S/c1-14-6-7(5-13-14)17-9-4-2-3-8(10(9)12)11(15)16/h2-6H,12H2,1H3,(H,15,16). The van der Waals surface area contributed by atoms with Crippen LogP contribution in [0.15, 0.2) is 40.4 Å². The number of nitrogens with two attached hydrogens (primary N) is 1. The van der Waals surface area contributed by atoms with Gasteiger partial charge in [-0.3, -0.25) is 4.68 Å². The van der Waals surface area contributed by atoms with E-state index in [1.807, 2.05) is 13.2 Å². The van der Waals surface area contributed by atoms with Crippen molar-refractivity contribution in [3.8, 4) is 0 Å². The summed E-state index contributed by atoms with van der Waals surface area (Å²) in [6, 6.07) is 4.96. The highest BCUT2D eigenvalue weighted by atomic mass is 32.2. The van der Waals surface area contributed by atoms with Crippen molar-refractivity contribution in [2.24, 2.45) is 7.05 Å². The Hall–Kier alpha value is -1.95. The molecule has 88 valence electrons. The van der Waals surface area contributed by atoms with E-state index in [-0.39, 0.29) is 11.3 Å². The molecular formula is C11H11N3O2S. The lowest BCUT2D eigenvalue weighted by molar-refractivity contribution is 0.0698. The minimum Gasteiger partial charge on any atom is -0.478 e. The van der Waals surface area contributed by atoms with E-state index in [2.05, 4.69) is 5.10 Å². The van der Waals surface area contributed by atoms with Gasteiger partial charge in [-0.25, -0.2) is 4.79 Å². The monoisotopic (exact) mass is 249 g/mol. The molecule has 0 saturated carbocycles. The van der Waals surface area contributed by atoms with Crippen LogP contribution in [0.25, 0.3) is 0 Å². The maximum absolute atomic E-state index is 10.9. The zero-order valence-corrected chi connectivity index (χ0v) is 9.94. The molecule has 1 aromatic heterocycles. The first-order valence-electron chi connectivity index (χ1n) is 4.86. The number of nitrogens with zero attached hydrogens (tertiary/aromatic N) is 2. The Morgan fingerprint density at radius 3 is 2.88 bits per heavy atom. The van der Waals surface area contributed by atoms with E-state index in [1.165, 1.54) is 17.8 Å². The normalized spacial score (nSPS) is 10.4. The number of carbonyl (C=O) groups is 1. The maximum atomic E-state index is 10.9. The van der Waals surface area contributed by atoms with Crippen LogP contribution < -0.4 is 5.73 Å². The van der Waals surface area contributed by atoms with Crippen LogP contribution in [0.3, 0.4) is 0 Å². The molecule has 0 amide bonds. The summed E-state index contributed by atoms with van der Waals surface area (Å²) in [5.74, 6) is -1.02. The third-order valence-electron chi connectivity index (χ3n) is 2.21. The molecule has 0 atom stereocenters. The second kappa shape index (κ2) is 4.50. The molecule has 0 unspecified atom stereocenters. The quantitative estimate of drug-likeness (QED) is 0.811. The van der Waals surface area contributed by atoms with Crippen LogP contribution in [0.4, 0.5) is 5.69 Å². The van der Waals surface area contributed by atoms with E-state index in [1.54, 1.807) is 23.0 Å². The number of para-hydroxylation sites is 1. The zero-order chi connectivity index (χ0) is 12.4. The minimum absolute atomic E-state index is 0.124. The van der Waals surface area contributed by atoms with Gasteiger partial charge in [-0.15, -0.1) is 0 Å². The smallest absolute Gasteiger partial charge is 0.337 e. The third-order valence-corrected chi connectivity index (χ3v) is 3.23. The van der Waals surface area contributed by atoms with Crippen molar-refractivity contribution in [3.05, 3.63) is 36.2 Å². The van der Waals surface area contributed by atoms with Gasteiger partial charge in [0.2, 0.25) is 0 Å². The molecule has 0 fully saturated rings. The highest BCUT2D eigenvalue weighted by Crippen LogP contribution is 2.33. The van der Waals surface area contributed by atoms with Crippen molar-refractivity contribution < 1.29 is 9.90 Å². The molecule has 0 spiro atoms. The summed E-state index contributed by atoms with van der Waals surface area (Å²) in [6.45, 7) is 0. The molecule has 1 aromatic carbocycles. The summed E-state index contributed by atoms with van der Waals surface area (Å²) in [5.41, 5.74) is 6.22. The summed E-state index contributed by atoms with van der Waals surface area (Å²) in [5, 5.41) is 13.0. The van der Waals surface area contributed by atoms with Crippen molar-refractivity contribution >= 4 is 23.4 Å². The molecular weight excluding hydrogens is 238 g/mol. The fraction of sp³-hybridized carbons (Fsp3) is 0.0909. The molecule has 1 heterocycles. The minimum atomic E-state index is -1.02. The van der Waals surface area contributed by atoms with Gasteiger partial charge < -0.3 is 10.8 Å². The van der Waals surface area contributed by atoms with Gasteiger partial charge in [-0.05, 0) is 12.1 Å². The Balaban J connectivity index is 2.33. The molecule has 5 nitrogen and oxygen atoms in total. The van der Waals surface area contributed by atoms with E-state index in [9.17, 15) is 4.79 Å². The maximum Gasteiger partial charge on any atom is 0.337 e. The lowest BCUT2D eigenvalue weighted by atomic mass is 10.2. The Morgan fingerprint density at radius 1 is 1.53 bits per heavy atom. The van der Waals surface area contributed by atoms with Crippen molar-refractivity contribution in [2.75, 3.05) is 5.73 Å². The van der Waals surface area contributed by atoms with Gasteiger partial charge in [-0.2, -0.15) is 5.10 Å². The van der Waals surface area contributed by atoms with Crippen molar-refractivity contribution in [1.29, 1.82) is 0 Å². The molecule has 0 aliphatic rings. The second-order valence-corrected chi connectivity index (χ2v) is 4.59. The number of aryl methyl sites for hydroxylation is 1. The van der Waals surface area contributed by atoms with E-state index in [0.29, 0.717) is 0 Å². The number of hydrogen-bond acceptors (Lipinski definition) is 4. The average molecular weight is 249 g/mol. The van der Waals surface area contributed by atoms with Gasteiger partial charge in [0, 0.05) is 18.1 Å². The van der Waals surface area contributed by atoms with Crippen LogP contribution in [0.5, 0.6) is 0 Å². The molecule has 0 radical (unpaired) electrons. The Bertz CT molecular complexity index is 566. The number of aromatic nitrogens is 2. The molecule has 0 saturated heterocycles. The molecule has 0 aliphatic carbocycles. The van der Waals surface area contributed by atoms with Gasteiger partial charge in [-0.1, -0.05) is 17.8 Å². The topological polar surface area (TPSA) is 81.1 Å². The van der Waals surface area contributed by atoms with Crippen LogP contribution >= 0.6 is 11.8 Å². The lowest BCUT2D eigenvalue weighted by Crippen LogP contribution is -2.03. The number of benzene rings is 1. The number of aromatic carboxylic acids is 1. The fourth-order valence-corrected chi connectivity index (χ4v) is 2.32. The van der Waals surface area contributed by atoms with Crippen LogP contribution in [0.1, 0.15) is 10.4 Å². The first-order chi connectivity index (χ1) is 8.08. The van der Waals surface area contributed by atoms with Crippen molar-refractivity contribution in [3.63, 3.8) is 0 Å². The predicted octanol–water partition coefficient (Wildman–Crippen LogP) is 1.85. The van der Waals surface area contributed by atoms with Gasteiger partial charge in [0.05, 0.1) is 22.3 Å². The molecule has 3 N–H and O–H groups in total. The Morgan fingerprint density at radius 2 is 2.29 bits per heavy atom. The van der Waals surface area contributed by atoms with Crippen molar-refractivity contribution in [1.82, 2.24) is 9.78 Å². The molecule has 0 bridgehead atoms. The summed E-state index contributed by atoms with van der Waals surface area (Å²) in [4.78, 5) is 12.6. The first-order valence-corrected chi connectivity index (χ1v) is 5.68. The highest BCUT2D eigenvalue weighted by molar-refractivity contribution is 7.99. The van der Waals surface area contributed by atoms with Gasteiger partial charge in [0.25, 0.3) is 0 Å². The third kappa shape index (κ3) is 2.42. The van der Waals surface area contributed by atoms with Crippen molar-refractivity contribution in [2.45, 2.75) is 9.79 Å². The summed E-state index contributed by atoms with van der Waals surface area (Å²) in [6.07, 6.45) is 3.55. The summed E-state index contributed by atoms with van der Waals surface area (Å²) >= 11 is 1.39. The average Bonchev–Trinajstić information content (AvgIpc) is 2.67. The first kappa shape index (κ1) is 11.5. The van der Waals surface area contributed by atoms with Gasteiger partial charge in [0.1, 0.15) is 0 Å². The molecule has 17 heavy (non-hydrogen) atoms. The van der Waals surface area contributed by atoms with Crippen LogP contribution in [0.2, 0.25) is 0 Å². The van der Waals surface area contributed by atoms with E-state index in [0.717, 1.165) is 9.79 Å². The Kier molecular flexibility index (Phi) is 3.06.